The lowest BCUT2D eigenvalue weighted by atomic mass is 14.0. The van der Waals surface area contributed by atoms with E-state index in [1.165, 1.54) is 0 Å². The fourth-order valence-electron chi connectivity index (χ4n) is 0. The highest BCUT2D eigenvalue weighted by Gasteiger charge is 2.04. The second-order valence-corrected chi connectivity index (χ2v) is 18.5. The summed E-state index contributed by atoms with van der Waals surface area (Å²) in [6.45, 7) is 0. The van der Waals surface area contributed by atoms with Crippen LogP contribution in [0.25, 0.3) is 0 Å². The summed E-state index contributed by atoms with van der Waals surface area (Å²) in [6.07, 6.45) is 0. The highest BCUT2D eigenvalue weighted by Crippen LogP contribution is 2.30. The van der Waals surface area contributed by atoms with Crippen LogP contribution in [0, 0.1) is 0 Å². The molecule has 0 heterocycles. The molecule has 0 bridgehead atoms. The van der Waals surface area contributed by atoms with Gasteiger partial charge in [-0.1, -0.05) is 0 Å². The minimum Gasteiger partial charge on any atom is -0.344 e. The van der Waals surface area contributed by atoms with Crippen LogP contribution in [0.4, 0.5) is 0 Å². The molecule has 0 aromatic rings. The van der Waals surface area contributed by atoms with E-state index in [0.29, 0.717) is 0 Å². The lowest BCUT2D eigenvalue weighted by molar-refractivity contribution is 0.272. The van der Waals surface area contributed by atoms with Crippen LogP contribution in [-0.2, 0) is 54.8 Å². The van der Waals surface area contributed by atoms with E-state index in [2.05, 4.69) is 0 Å². The summed E-state index contributed by atoms with van der Waals surface area (Å²) in [5.41, 5.74) is 0. The summed E-state index contributed by atoms with van der Waals surface area (Å²) >= 11 is 0. The van der Waals surface area contributed by atoms with Crippen molar-refractivity contribution in [3.05, 3.63) is 0 Å². The van der Waals surface area contributed by atoms with Gasteiger partial charge in [-0.05, 0) is 0 Å². The zero-order valence-corrected chi connectivity index (χ0v) is 37.8. The van der Waals surface area contributed by atoms with Gasteiger partial charge >= 0.3 is 93.9 Å². The molecule has 0 spiro atoms. The SMILES string of the molecule is N.O=P(O)(O)O.O=P(O)(O)O.O=P(O)(O)O.O=P(O)(O)O.O=P(O)(O)O.O=P(O)(O)O.O=P(O)(O)O.O=P(O)(O)O.O=P(O)(O)O.O=P(O)(O)O.O=P(O)(O)O.O=P(O)(O)O. The summed E-state index contributed by atoms with van der Waals surface area (Å²) in [4.78, 5) is 259. The van der Waals surface area contributed by atoms with Crippen LogP contribution >= 0.6 is 93.9 Å². The topological polar surface area (TPSA) is 968 Å². The van der Waals surface area contributed by atoms with Gasteiger partial charge in [0.2, 0.25) is 0 Å². The van der Waals surface area contributed by atoms with E-state index in [1.807, 2.05) is 0 Å². The average Bonchev–Trinajstić information content (AvgIpc) is 2.48. The molecule has 0 unspecified atom stereocenters. The smallest absolute Gasteiger partial charge is 0.344 e. The molecule has 0 aromatic heterocycles. The molecular weight excluding hydrogens is 1150 g/mol. The lowest BCUT2D eigenvalue weighted by Gasteiger charge is -1.82. The first-order valence-electron chi connectivity index (χ1n) is 9.39. The Kier molecular flexibility index (Phi) is 65.5. The monoisotopic (exact) mass is 1190 g/mol. The molecule has 61 heavy (non-hydrogen) atoms. The maximum absolute atomic E-state index is 8.88. The summed E-state index contributed by atoms with van der Waals surface area (Å²) in [6, 6.07) is 0. The fourth-order valence-corrected chi connectivity index (χ4v) is 0. The van der Waals surface area contributed by atoms with Crippen LogP contribution in [0.5, 0.6) is 0 Å². The van der Waals surface area contributed by atoms with Crippen LogP contribution in [-0.4, -0.2) is 176 Å². The molecule has 0 aromatic carbocycles. The highest BCUT2D eigenvalue weighted by atomic mass is 31.2. The standard InChI is InChI=1S/H3N.12H3O4P/c;12*1-5(2,3)4/h1H3;12*(H3,1,2,3,4). The highest BCUT2D eigenvalue weighted by molar-refractivity contribution is 7.47. The zero-order chi connectivity index (χ0) is 54.0. The second kappa shape index (κ2) is 41.5. The van der Waals surface area contributed by atoms with Crippen molar-refractivity contribution in [1.82, 2.24) is 6.15 Å². The molecule has 0 saturated heterocycles. The Labute approximate surface area is 331 Å². The third kappa shape index (κ3) is 131000. The molecule has 0 atom stereocenters. The van der Waals surface area contributed by atoms with Gasteiger partial charge in [-0.15, -0.1) is 0 Å². The van der Waals surface area contributed by atoms with Gasteiger partial charge in [-0.3, -0.25) is 0 Å². The molecule has 39 N–H and O–H groups in total. The molecule has 392 valence electrons. The molecule has 0 aliphatic heterocycles. The van der Waals surface area contributed by atoms with Gasteiger partial charge in [0, 0.05) is 0 Å². The Hall–Kier alpha value is 1.28. The van der Waals surface area contributed by atoms with E-state index in [0.717, 1.165) is 0 Å². The van der Waals surface area contributed by atoms with Crippen molar-refractivity contribution in [2.24, 2.45) is 0 Å². The zero-order valence-electron chi connectivity index (χ0n) is 27.1. The van der Waals surface area contributed by atoms with Gasteiger partial charge in [0.25, 0.3) is 0 Å². The molecule has 0 saturated carbocycles. The van der Waals surface area contributed by atoms with Gasteiger partial charge in [-0.2, -0.15) is 0 Å². The van der Waals surface area contributed by atoms with Crippen LogP contribution in [0.3, 0.4) is 0 Å². The molecular formula is H39NO48P12. The van der Waals surface area contributed by atoms with Crippen molar-refractivity contribution < 1.29 is 231 Å². The number of hydrogen-bond donors (Lipinski definition) is 37. The van der Waals surface area contributed by atoms with Crippen LogP contribution in [0.15, 0.2) is 0 Å². The molecule has 49 nitrogen and oxygen atoms in total. The third-order valence-electron chi connectivity index (χ3n) is 0. The minimum absolute atomic E-state index is 0. The van der Waals surface area contributed by atoms with Gasteiger partial charge < -0.3 is 182 Å². The summed E-state index contributed by atoms with van der Waals surface area (Å²) in [5, 5.41) is 0. The maximum Gasteiger partial charge on any atom is 0.466 e. The Morgan fingerprint density at radius 3 is 0.115 bits per heavy atom. The van der Waals surface area contributed by atoms with Crippen molar-refractivity contribution in [2.75, 3.05) is 0 Å². The van der Waals surface area contributed by atoms with Crippen LogP contribution < -0.4 is 6.15 Å². The Morgan fingerprint density at radius 2 is 0.115 bits per heavy atom. The molecule has 0 amide bonds. The van der Waals surface area contributed by atoms with Crippen LogP contribution in [0.2, 0.25) is 0 Å². The van der Waals surface area contributed by atoms with Crippen molar-refractivity contribution in [1.29, 1.82) is 0 Å². The molecule has 0 aliphatic rings. The number of hydrogen-bond acceptors (Lipinski definition) is 13. The second-order valence-electron chi connectivity index (χ2n) is 6.16. The molecule has 0 radical (unpaired) electrons. The van der Waals surface area contributed by atoms with Crippen molar-refractivity contribution in [2.45, 2.75) is 0 Å². The van der Waals surface area contributed by atoms with Gasteiger partial charge in [0.15, 0.2) is 0 Å². The number of phosphoric acid groups is 12. The van der Waals surface area contributed by atoms with E-state index in [4.69, 9.17) is 231 Å². The van der Waals surface area contributed by atoms with Crippen molar-refractivity contribution in [3.63, 3.8) is 0 Å². The van der Waals surface area contributed by atoms with Crippen LogP contribution in [0.1, 0.15) is 0 Å². The lowest BCUT2D eigenvalue weighted by Crippen LogP contribution is -1.66. The maximum atomic E-state index is 8.88. The largest absolute Gasteiger partial charge is 0.466 e. The fraction of sp³-hybridized carbons (Fsp3) is 0. The minimum atomic E-state index is -4.64. The van der Waals surface area contributed by atoms with Gasteiger partial charge in [0.05, 0.1) is 0 Å². The first-order valence-corrected chi connectivity index (χ1v) is 28.2. The van der Waals surface area contributed by atoms with E-state index >= 15 is 0 Å². The van der Waals surface area contributed by atoms with Gasteiger partial charge in [-0.25, -0.2) is 54.8 Å². The third-order valence-corrected chi connectivity index (χ3v) is 0. The quantitative estimate of drug-likeness (QED) is 0.100. The van der Waals surface area contributed by atoms with E-state index < -0.39 is 93.9 Å². The van der Waals surface area contributed by atoms with Crippen molar-refractivity contribution in [3.8, 4) is 0 Å². The molecule has 61 heteroatoms. The molecule has 0 aliphatic carbocycles. The first-order chi connectivity index (χ1) is 24.0. The number of rotatable bonds is 0. The Balaban J connectivity index is -0.0000000374. The van der Waals surface area contributed by atoms with Crippen molar-refractivity contribution >= 4 is 93.9 Å². The average molecular weight is 1190 g/mol. The predicted octanol–water partition coefficient (Wildman–Crippen LogP) is -11.0. The summed E-state index contributed by atoms with van der Waals surface area (Å²) in [5.74, 6) is 0. The van der Waals surface area contributed by atoms with Gasteiger partial charge in [0.1, 0.15) is 0 Å². The Bertz CT molecular complexity index is 1030. The predicted molar refractivity (Wildman–Crippen MR) is 176 cm³/mol. The first kappa shape index (κ1) is 96.3. The molecule has 0 fully saturated rings. The normalized spacial score (nSPS) is 11.6. The van der Waals surface area contributed by atoms with E-state index in [9.17, 15) is 0 Å². The Morgan fingerprint density at radius 1 is 0.115 bits per heavy atom. The molecule has 0 rings (SSSR count). The van der Waals surface area contributed by atoms with E-state index in [-0.39, 0.29) is 6.15 Å². The summed E-state index contributed by atoms with van der Waals surface area (Å²) in [7, 11) is -55.7. The summed E-state index contributed by atoms with van der Waals surface area (Å²) < 4.78 is 107. The van der Waals surface area contributed by atoms with E-state index in [1.54, 1.807) is 0 Å².